The molecule has 0 fully saturated rings. The lowest BCUT2D eigenvalue weighted by molar-refractivity contribution is -0.384. The van der Waals surface area contributed by atoms with Crippen molar-refractivity contribution in [2.75, 3.05) is 5.32 Å². The number of carbonyl (C=O) groups excluding carboxylic acids is 1. The number of nitrogens with one attached hydrogen (secondary N) is 1. The summed E-state index contributed by atoms with van der Waals surface area (Å²) in [6.07, 6.45) is 0. The van der Waals surface area contributed by atoms with Crippen LogP contribution in [0.1, 0.15) is 15.9 Å². The summed E-state index contributed by atoms with van der Waals surface area (Å²) in [5, 5.41) is 13.6. The minimum atomic E-state index is -0.562. The molecule has 0 aliphatic carbocycles. The zero-order valence-corrected chi connectivity index (χ0v) is 12.3. The van der Waals surface area contributed by atoms with Crippen LogP contribution in [-0.4, -0.2) is 15.8 Å². The highest BCUT2D eigenvalue weighted by Gasteiger charge is 2.17. The second-order valence-electron chi connectivity index (χ2n) is 4.23. The van der Waals surface area contributed by atoms with E-state index in [9.17, 15) is 14.9 Å². The first kappa shape index (κ1) is 15.2. The highest BCUT2D eigenvalue weighted by molar-refractivity contribution is 6.33. The van der Waals surface area contributed by atoms with Crippen LogP contribution in [-0.2, 0) is 0 Å². The van der Waals surface area contributed by atoms with Crippen molar-refractivity contribution in [3.05, 3.63) is 61.9 Å². The largest absolute Gasteiger partial charge is 0.316 e. The molecule has 2 rings (SSSR count). The van der Waals surface area contributed by atoms with E-state index in [1.165, 1.54) is 24.3 Å². The normalized spacial score (nSPS) is 10.2. The Kier molecular flexibility index (Phi) is 4.40. The number of hydrogen-bond donors (Lipinski definition) is 1. The van der Waals surface area contributed by atoms with Gasteiger partial charge in [-0.25, -0.2) is 4.98 Å². The summed E-state index contributed by atoms with van der Waals surface area (Å²) in [5.41, 5.74) is 0.791. The number of benzene rings is 1. The van der Waals surface area contributed by atoms with Crippen LogP contribution in [0.4, 0.5) is 11.4 Å². The number of nitrogens with zero attached hydrogens (tertiary/aromatic N) is 2. The molecule has 2 aromatic rings. The smallest absolute Gasteiger partial charge is 0.293 e. The lowest BCUT2D eigenvalue weighted by Gasteiger charge is -2.07. The van der Waals surface area contributed by atoms with Crippen LogP contribution in [0, 0.1) is 17.0 Å². The Morgan fingerprint density at radius 2 is 1.86 bits per heavy atom. The summed E-state index contributed by atoms with van der Waals surface area (Å²) in [4.78, 5) is 26.3. The molecule has 0 aliphatic heterocycles. The number of nitro benzene ring substituents is 1. The molecule has 1 N–H and O–H groups in total. The number of pyridine rings is 1. The number of rotatable bonds is 3. The molecular weight excluding hydrogens is 317 g/mol. The van der Waals surface area contributed by atoms with Gasteiger partial charge in [-0.15, -0.1) is 0 Å². The predicted octanol–water partition coefficient (Wildman–Crippen LogP) is 3.86. The fraction of sp³-hybridized carbons (Fsp3) is 0.0769. The first-order valence-corrected chi connectivity index (χ1v) is 6.52. The number of halogens is 2. The van der Waals surface area contributed by atoms with Crippen LogP contribution in [0.2, 0.25) is 10.3 Å². The van der Waals surface area contributed by atoms with Gasteiger partial charge in [0.2, 0.25) is 0 Å². The van der Waals surface area contributed by atoms with Crippen molar-refractivity contribution in [3.8, 4) is 0 Å². The molecule has 1 heterocycles. The minimum Gasteiger partial charge on any atom is -0.316 e. The van der Waals surface area contributed by atoms with Crippen molar-refractivity contribution in [2.24, 2.45) is 0 Å². The maximum absolute atomic E-state index is 12.1. The fourth-order valence-electron chi connectivity index (χ4n) is 1.69. The summed E-state index contributed by atoms with van der Waals surface area (Å²) in [7, 11) is 0. The van der Waals surface area contributed by atoms with E-state index in [0.717, 1.165) is 5.56 Å². The summed E-state index contributed by atoms with van der Waals surface area (Å²) >= 11 is 11.4. The van der Waals surface area contributed by atoms with E-state index in [2.05, 4.69) is 10.3 Å². The number of anilines is 1. The summed E-state index contributed by atoms with van der Waals surface area (Å²) in [6, 6.07) is 7.15. The number of aromatic nitrogens is 1. The Balaban J connectivity index is 2.33. The van der Waals surface area contributed by atoms with Gasteiger partial charge in [0.25, 0.3) is 11.6 Å². The molecule has 1 aromatic carbocycles. The molecule has 1 amide bonds. The fourth-order valence-corrected chi connectivity index (χ4v) is 2.15. The van der Waals surface area contributed by atoms with E-state index in [1.807, 2.05) is 0 Å². The van der Waals surface area contributed by atoms with Gasteiger partial charge in [0.1, 0.15) is 16.0 Å². The highest BCUT2D eigenvalue weighted by atomic mass is 35.5. The van der Waals surface area contributed by atoms with Gasteiger partial charge in [-0.2, -0.15) is 0 Å². The third-order valence-corrected chi connectivity index (χ3v) is 3.01. The standard InChI is InChI=1S/C13H9Cl2N3O3/c1-7-2-3-9(10(4-7)18(20)21)16-13(19)8-5-11(14)17-12(15)6-8/h2-6H,1H3,(H,16,19). The van der Waals surface area contributed by atoms with Crippen molar-refractivity contribution in [2.45, 2.75) is 6.92 Å². The number of aryl methyl sites for hydroxylation is 1. The van der Waals surface area contributed by atoms with Crippen LogP contribution >= 0.6 is 23.2 Å². The lowest BCUT2D eigenvalue weighted by Crippen LogP contribution is -2.13. The number of nitro groups is 1. The van der Waals surface area contributed by atoms with Crippen molar-refractivity contribution >= 4 is 40.5 Å². The Morgan fingerprint density at radius 1 is 1.24 bits per heavy atom. The Bertz CT molecular complexity index is 714. The topological polar surface area (TPSA) is 85.1 Å². The van der Waals surface area contributed by atoms with Crippen LogP contribution in [0.5, 0.6) is 0 Å². The summed E-state index contributed by atoms with van der Waals surface area (Å²) < 4.78 is 0. The SMILES string of the molecule is Cc1ccc(NC(=O)c2cc(Cl)nc(Cl)c2)c([N+](=O)[O-])c1. The van der Waals surface area contributed by atoms with Gasteiger partial charge in [-0.3, -0.25) is 14.9 Å². The quantitative estimate of drug-likeness (QED) is 0.527. The van der Waals surface area contributed by atoms with E-state index < -0.39 is 10.8 Å². The van der Waals surface area contributed by atoms with Gasteiger partial charge in [0.05, 0.1) is 4.92 Å². The second kappa shape index (κ2) is 6.07. The highest BCUT2D eigenvalue weighted by Crippen LogP contribution is 2.26. The number of amides is 1. The maximum Gasteiger partial charge on any atom is 0.293 e. The van der Waals surface area contributed by atoms with Crippen molar-refractivity contribution < 1.29 is 9.72 Å². The molecule has 0 aliphatic rings. The monoisotopic (exact) mass is 325 g/mol. The molecule has 1 aromatic heterocycles. The molecular formula is C13H9Cl2N3O3. The number of carbonyl (C=O) groups is 1. The Labute approximate surface area is 129 Å². The van der Waals surface area contributed by atoms with Crippen molar-refractivity contribution in [3.63, 3.8) is 0 Å². The molecule has 6 nitrogen and oxygen atoms in total. The van der Waals surface area contributed by atoms with E-state index in [0.29, 0.717) is 0 Å². The third kappa shape index (κ3) is 3.68. The lowest BCUT2D eigenvalue weighted by atomic mass is 10.2. The van der Waals surface area contributed by atoms with E-state index in [-0.39, 0.29) is 27.2 Å². The van der Waals surface area contributed by atoms with Crippen molar-refractivity contribution in [1.82, 2.24) is 4.98 Å². The molecule has 0 atom stereocenters. The van der Waals surface area contributed by atoms with Gasteiger partial charge < -0.3 is 5.32 Å². The van der Waals surface area contributed by atoms with E-state index in [1.54, 1.807) is 13.0 Å². The Morgan fingerprint density at radius 3 is 2.43 bits per heavy atom. The first-order valence-electron chi connectivity index (χ1n) is 5.76. The minimum absolute atomic E-state index is 0.0612. The average Bonchev–Trinajstić information content (AvgIpc) is 2.39. The van der Waals surface area contributed by atoms with Gasteiger partial charge in [-0.1, -0.05) is 29.3 Å². The first-order chi connectivity index (χ1) is 9.86. The predicted molar refractivity (Wildman–Crippen MR) is 80.0 cm³/mol. The van der Waals surface area contributed by atoms with Crippen LogP contribution in [0.25, 0.3) is 0 Å². The van der Waals surface area contributed by atoms with Gasteiger partial charge >= 0.3 is 0 Å². The summed E-state index contributed by atoms with van der Waals surface area (Å²) in [5.74, 6) is -0.562. The molecule has 0 bridgehead atoms. The summed E-state index contributed by atoms with van der Waals surface area (Å²) in [6.45, 7) is 1.72. The van der Waals surface area contributed by atoms with Gasteiger partial charge in [-0.05, 0) is 30.7 Å². The molecule has 0 unspecified atom stereocenters. The van der Waals surface area contributed by atoms with E-state index in [4.69, 9.17) is 23.2 Å². The molecule has 0 spiro atoms. The third-order valence-electron chi connectivity index (χ3n) is 2.62. The average molecular weight is 326 g/mol. The second-order valence-corrected chi connectivity index (χ2v) is 5.01. The maximum atomic E-state index is 12.1. The van der Waals surface area contributed by atoms with Gasteiger partial charge in [0.15, 0.2) is 0 Å². The molecule has 21 heavy (non-hydrogen) atoms. The Hall–Kier alpha value is -2.18. The molecule has 108 valence electrons. The molecule has 0 radical (unpaired) electrons. The molecule has 0 saturated carbocycles. The zero-order chi connectivity index (χ0) is 15.6. The zero-order valence-electron chi connectivity index (χ0n) is 10.8. The van der Waals surface area contributed by atoms with E-state index >= 15 is 0 Å². The van der Waals surface area contributed by atoms with Crippen LogP contribution in [0.15, 0.2) is 30.3 Å². The molecule has 8 heteroatoms. The van der Waals surface area contributed by atoms with Crippen LogP contribution < -0.4 is 5.32 Å². The van der Waals surface area contributed by atoms with Crippen molar-refractivity contribution in [1.29, 1.82) is 0 Å². The molecule has 0 saturated heterocycles. The van der Waals surface area contributed by atoms with Gasteiger partial charge in [0, 0.05) is 11.6 Å². The van der Waals surface area contributed by atoms with Crippen LogP contribution in [0.3, 0.4) is 0 Å². The number of hydrogen-bond acceptors (Lipinski definition) is 4.